The highest BCUT2D eigenvalue weighted by Crippen LogP contribution is 2.83. The molecule has 5 nitrogen and oxygen atoms in total. The SMILES string of the molecule is O=C(NN1C(=O)[C@H]2C34C=CC(CCCC3)[C@@]24C1=O)c1ccc(Br)cc1. The highest BCUT2D eigenvalue weighted by atomic mass is 79.9. The van der Waals surface area contributed by atoms with Crippen molar-refractivity contribution in [1.82, 2.24) is 10.4 Å². The molecule has 1 aliphatic heterocycles. The predicted octanol–water partition coefficient (Wildman–Crippen LogP) is 2.83. The molecule has 2 unspecified atom stereocenters. The molecule has 1 aromatic rings. The van der Waals surface area contributed by atoms with Gasteiger partial charge in [-0.3, -0.25) is 19.8 Å². The number of benzene rings is 1. The van der Waals surface area contributed by atoms with Crippen molar-refractivity contribution in [3.05, 3.63) is 46.5 Å². The number of nitrogens with one attached hydrogen (secondary N) is 1. The molecule has 1 spiro atoms. The fourth-order valence-electron chi connectivity index (χ4n) is 5.54. The average molecular weight is 401 g/mol. The van der Waals surface area contributed by atoms with Crippen LogP contribution in [0.3, 0.4) is 0 Å². The molecule has 3 aliphatic carbocycles. The first-order valence-electron chi connectivity index (χ1n) is 8.67. The van der Waals surface area contributed by atoms with Crippen LogP contribution in [0, 0.1) is 22.7 Å². The summed E-state index contributed by atoms with van der Waals surface area (Å²) >= 11 is 3.32. The molecule has 3 amide bonds. The van der Waals surface area contributed by atoms with Gasteiger partial charge in [0.15, 0.2) is 0 Å². The highest BCUT2D eigenvalue weighted by Gasteiger charge is 2.90. The second-order valence-corrected chi connectivity index (χ2v) is 8.40. The van der Waals surface area contributed by atoms with Crippen LogP contribution >= 0.6 is 15.9 Å². The summed E-state index contributed by atoms with van der Waals surface area (Å²) in [6.45, 7) is 0. The molecule has 4 atom stereocenters. The van der Waals surface area contributed by atoms with E-state index in [0.29, 0.717) is 5.56 Å². The molecule has 5 rings (SSSR count). The highest BCUT2D eigenvalue weighted by molar-refractivity contribution is 9.10. The second kappa shape index (κ2) is 4.81. The van der Waals surface area contributed by atoms with Crippen LogP contribution in [0.15, 0.2) is 40.9 Å². The molecule has 6 heteroatoms. The van der Waals surface area contributed by atoms with Gasteiger partial charge in [0.25, 0.3) is 17.7 Å². The molecule has 3 fully saturated rings. The Kier molecular flexibility index (Phi) is 2.95. The van der Waals surface area contributed by atoms with Crippen molar-refractivity contribution in [2.75, 3.05) is 0 Å². The zero-order valence-electron chi connectivity index (χ0n) is 13.5. The van der Waals surface area contributed by atoms with Crippen LogP contribution in [0.25, 0.3) is 0 Å². The van der Waals surface area contributed by atoms with Gasteiger partial charge in [0.2, 0.25) is 0 Å². The molecule has 1 saturated heterocycles. The standard InChI is InChI=1S/C19H17BrN2O3/c20-13-6-4-11(5-7-13)15(23)21-22-16(24)14-18-9-2-1-3-12(8-10-18)19(14,18)17(22)25/h4-8,10,12,14H,1-3,9H2,(H,21,23)/t12?,14-,18?,19-/m0/s1. The maximum absolute atomic E-state index is 13.2. The van der Waals surface area contributed by atoms with Gasteiger partial charge < -0.3 is 0 Å². The molecular weight excluding hydrogens is 384 g/mol. The number of nitrogens with zero attached hydrogens (tertiary/aromatic N) is 1. The molecule has 25 heavy (non-hydrogen) atoms. The monoisotopic (exact) mass is 400 g/mol. The maximum Gasteiger partial charge on any atom is 0.270 e. The van der Waals surface area contributed by atoms with Crippen LogP contribution < -0.4 is 5.43 Å². The van der Waals surface area contributed by atoms with Crippen LogP contribution in [0.4, 0.5) is 0 Å². The third-order valence-electron chi connectivity index (χ3n) is 6.57. The third kappa shape index (κ3) is 1.66. The third-order valence-corrected chi connectivity index (χ3v) is 7.10. The lowest BCUT2D eigenvalue weighted by Gasteiger charge is -2.26. The van der Waals surface area contributed by atoms with E-state index in [9.17, 15) is 14.4 Å². The van der Waals surface area contributed by atoms with Gasteiger partial charge in [-0.25, -0.2) is 0 Å². The van der Waals surface area contributed by atoms with E-state index in [1.807, 2.05) is 0 Å². The van der Waals surface area contributed by atoms with E-state index in [0.717, 1.165) is 35.2 Å². The number of carbonyl (C=O) groups excluding carboxylic acids is 3. The van der Waals surface area contributed by atoms with Crippen LogP contribution in [0.5, 0.6) is 0 Å². The molecular formula is C19H17BrN2O3. The lowest BCUT2D eigenvalue weighted by atomic mass is 9.85. The van der Waals surface area contributed by atoms with Crippen LogP contribution in [0.1, 0.15) is 36.0 Å². The first-order chi connectivity index (χ1) is 12.0. The van der Waals surface area contributed by atoms with Crippen molar-refractivity contribution in [3.63, 3.8) is 0 Å². The molecule has 1 aromatic carbocycles. The number of carbonyl (C=O) groups is 3. The maximum atomic E-state index is 13.2. The van der Waals surface area contributed by atoms with E-state index in [-0.39, 0.29) is 29.1 Å². The molecule has 2 bridgehead atoms. The molecule has 1 heterocycles. The minimum Gasteiger partial charge on any atom is -0.272 e. The molecule has 2 saturated carbocycles. The molecule has 0 aromatic heterocycles. The number of imide groups is 1. The fraction of sp³-hybridized carbons (Fsp3) is 0.421. The topological polar surface area (TPSA) is 66.5 Å². The first kappa shape index (κ1) is 15.3. The minimum absolute atomic E-state index is 0.131. The Morgan fingerprint density at radius 1 is 1.20 bits per heavy atom. The zero-order chi connectivity index (χ0) is 17.4. The van der Waals surface area contributed by atoms with Crippen molar-refractivity contribution in [1.29, 1.82) is 0 Å². The van der Waals surface area contributed by atoms with Gasteiger partial charge in [-0.2, -0.15) is 5.01 Å². The average Bonchev–Trinajstić information content (AvgIpc) is 3.02. The van der Waals surface area contributed by atoms with Crippen molar-refractivity contribution in [2.45, 2.75) is 25.7 Å². The van der Waals surface area contributed by atoms with Crippen molar-refractivity contribution in [3.8, 4) is 0 Å². The lowest BCUT2D eigenvalue weighted by Crippen LogP contribution is -2.51. The van der Waals surface area contributed by atoms with Gasteiger partial charge in [0.1, 0.15) is 0 Å². The smallest absolute Gasteiger partial charge is 0.270 e. The van der Waals surface area contributed by atoms with Crippen LogP contribution in [-0.2, 0) is 9.59 Å². The van der Waals surface area contributed by atoms with Gasteiger partial charge in [-0.05, 0) is 43.0 Å². The summed E-state index contributed by atoms with van der Waals surface area (Å²) in [5.74, 6) is -1.05. The normalized spacial score (nSPS) is 37.6. The van der Waals surface area contributed by atoms with Gasteiger partial charge in [0.05, 0.1) is 11.3 Å². The summed E-state index contributed by atoms with van der Waals surface area (Å²) < 4.78 is 0.862. The van der Waals surface area contributed by atoms with Gasteiger partial charge in [-0.1, -0.05) is 40.9 Å². The Labute approximate surface area is 153 Å². The van der Waals surface area contributed by atoms with Gasteiger partial charge in [0, 0.05) is 15.5 Å². The number of allylic oxidation sites excluding steroid dienone is 2. The number of hydrogen-bond donors (Lipinski definition) is 1. The zero-order valence-corrected chi connectivity index (χ0v) is 15.1. The first-order valence-corrected chi connectivity index (χ1v) is 9.46. The number of hydrazine groups is 1. The number of piperidine rings is 1. The van der Waals surface area contributed by atoms with E-state index < -0.39 is 11.3 Å². The number of halogens is 1. The Morgan fingerprint density at radius 3 is 2.72 bits per heavy atom. The van der Waals surface area contributed by atoms with Crippen LogP contribution in [0.2, 0.25) is 0 Å². The Balaban J connectivity index is 1.43. The number of hydrogen-bond acceptors (Lipinski definition) is 3. The van der Waals surface area contributed by atoms with E-state index in [1.165, 1.54) is 0 Å². The summed E-state index contributed by atoms with van der Waals surface area (Å²) in [7, 11) is 0. The van der Waals surface area contributed by atoms with Crippen molar-refractivity contribution >= 4 is 33.7 Å². The minimum atomic E-state index is -0.617. The quantitative estimate of drug-likeness (QED) is 0.612. The summed E-state index contributed by atoms with van der Waals surface area (Å²) in [5.41, 5.74) is 2.06. The number of rotatable bonds is 2. The van der Waals surface area contributed by atoms with E-state index in [1.54, 1.807) is 24.3 Å². The van der Waals surface area contributed by atoms with E-state index >= 15 is 0 Å². The van der Waals surface area contributed by atoms with E-state index in [2.05, 4.69) is 33.5 Å². The Morgan fingerprint density at radius 2 is 1.96 bits per heavy atom. The number of amides is 3. The molecule has 1 N–H and O–H groups in total. The van der Waals surface area contributed by atoms with Crippen molar-refractivity contribution in [2.24, 2.45) is 22.7 Å². The van der Waals surface area contributed by atoms with Crippen molar-refractivity contribution < 1.29 is 14.4 Å². The molecule has 0 radical (unpaired) electrons. The molecule has 4 aliphatic rings. The largest absolute Gasteiger partial charge is 0.272 e. The summed E-state index contributed by atoms with van der Waals surface area (Å²) in [6.07, 6.45) is 8.24. The summed E-state index contributed by atoms with van der Waals surface area (Å²) in [4.78, 5) is 38.5. The molecule has 128 valence electrons. The predicted molar refractivity (Wildman–Crippen MR) is 92.9 cm³/mol. The Bertz CT molecular complexity index is 849. The van der Waals surface area contributed by atoms with Gasteiger partial charge in [-0.15, -0.1) is 0 Å². The Hall–Kier alpha value is -1.95. The van der Waals surface area contributed by atoms with Gasteiger partial charge >= 0.3 is 0 Å². The summed E-state index contributed by atoms with van der Waals surface area (Å²) in [6, 6.07) is 6.82. The summed E-state index contributed by atoms with van der Waals surface area (Å²) in [5, 5.41) is 0.985. The lowest BCUT2D eigenvalue weighted by molar-refractivity contribution is -0.148. The van der Waals surface area contributed by atoms with E-state index in [4.69, 9.17) is 0 Å². The fourth-order valence-corrected chi connectivity index (χ4v) is 5.80. The second-order valence-electron chi connectivity index (χ2n) is 7.48. The van der Waals surface area contributed by atoms with Crippen LogP contribution in [-0.4, -0.2) is 22.7 Å².